The lowest BCUT2D eigenvalue weighted by molar-refractivity contribution is 0.0220. The van der Waals surface area contributed by atoms with Crippen molar-refractivity contribution in [2.24, 2.45) is 0 Å². The molecule has 22 heavy (non-hydrogen) atoms. The molecule has 1 N–H and O–H groups in total. The number of sulfonamides is 1. The van der Waals surface area contributed by atoms with E-state index in [0.717, 1.165) is 11.3 Å². The van der Waals surface area contributed by atoms with Crippen LogP contribution in [0.5, 0.6) is 5.75 Å². The summed E-state index contributed by atoms with van der Waals surface area (Å²) in [5, 5.41) is 10.6. The van der Waals surface area contributed by atoms with Crippen molar-refractivity contribution in [3.8, 4) is 5.75 Å². The van der Waals surface area contributed by atoms with Crippen molar-refractivity contribution < 1.29 is 18.3 Å². The number of methoxy groups -OCH3 is 1. The van der Waals surface area contributed by atoms with Gasteiger partial charge in [0, 0.05) is 26.2 Å². The Balaban J connectivity index is 1.92. The second kappa shape index (κ2) is 6.54. The molecule has 124 valence electrons. The van der Waals surface area contributed by atoms with Crippen molar-refractivity contribution in [2.45, 2.75) is 18.6 Å². The highest BCUT2D eigenvalue weighted by Gasteiger charge is 2.40. The largest absolute Gasteiger partial charge is 0.497 e. The van der Waals surface area contributed by atoms with Gasteiger partial charge in [0.15, 0.2) is 0 Å². The van der Waals surface area contributed by atoms with Gasteiger partial charge in [-0.3, -0.25) is 4.90 Å². The Morgan fingerprint density at radius 2 is 2.00 bits per heavy atom. The summed E-state index contributed by atoms with van der Waals surface area (Å²) in [4.78, 5) is 2.01. The first-order valence-electron chi connectivity index (χ1n) is 7.21. The molecule has 0 aliphatic carbocycles. The summed E-state index contributed by atoms with van der Waals surface area (Å²) >= 11 is 0. The molecule has 2 rings (SSSR count). The molecule has 1 aliphatic heterocycles. The number of aliphatic hydroxyl groups is 1. The Morgan fingerprint density at radius 1 is 1.36 bits per heavy atom. The molecule has 0 aromatic heterocycles. The van der Waals surface area contributed by atoms with Crippen LogP contribution >= 0.6 is 0 Å². The molecule has 6 nitrogen and oxygen atoms in total. The summed E-state index contributed by atoms with van der Waals surface area (Å²) in [5.41, 5.74) is 0.134. The summed E-state index contributed by atoms with van der Waals surface area (Å²) in [7, 11) is 0.316. The highest BCUT2D eigenvalue weighted by atomic mass is 32.2. The first-order chi connectivity index (χ1) is 10.2. The van der Waals surface area contributed by atoms with Crippen LogP contribution in [0.3, 0.4) is 0 Å². The highest BCUT2D eigenvalue weighted by molar-refractivity contribution is 7.88. The fourth-order valence-corrected chi connectivity index (χ4v) is 3.73. The summed E-state index contributed by atoms with van der Waals surface area (Å²) in [6.07, 6.45) is 1.65. The predicted molar refractivity (Wildman–Crippen MR) is 85.3 cm³/mol. The SMILES string of the molecule is COc1ccc(CN(C)CC2(O)CCN(S(C)(=O)=O)C2)cc1. The Bertz CT molecular complexity index is 602. The Labute approximate surface area is 132 Å². The third-order valence-corrected chi connectivity index (χ3v) is 5.19. The number of ether oxygens (including phenoxy) is 1. The van der Waals surface area contributed by atoms with Crippen LogP contribution in [0.4, 0.5) is 0 Å². The van der Waals surface area contributed by atoms with Crippen molar-refractivity contribution in [1.29, 1.82) is 0 Å². The number of hydrogen-bond acceptors (Lipinski definition) is 5. The van der Waals surface area contributed by atoms with Gasteiger partial charge in [-0.25, -0.2) is 8.42 Å². The minimum atomic E-state index is -3.24. The maximum Gasteiger partial charge on any atom is 0.211 e. The molecule has 0 bridgehead atoms. The number of likely N-dealkylation sites (N-methyl/N-ethyl adjacent to an activating group) is 1. The van der Waals surface area contributed by atoms with Crippen LogP contribution in [0.1, 0.15) is 12.0 Å². The van der Waals surface area contributed by atoms with E-state index in [0.29, 0.717) is 26.1 Å². The summed E-state index contributed by atoms with van der Waals surface area (Å²) in [6, 6.07) is 7.77. The number of β-amino-alcohol motifs (C(OH)–C–C–N with tert-alkyl or cyclic N) is 1. The molecule has 1 aromatic carbocycles. The zero-order chi connectivity index (χ0) is 16.4. The molecule has 1 atom stereocenters. The van der Waals surface area contributed by atoms with E-state index in [1.165, 1.54) is 10.6 Å². The van der Waals surface area contributed by atoms with E-state index in [-0.39, 0.29) is 6.54 Å². The minimum absolute atomic E-state index is 0.165. The van der Waals surface area contributed by atoms with Gasteiger partial charge in [0.25, 0.3) is 0 Å². The lowest BCUT2D eigenvalue weighted by atomic mass is 10.0. The van der Waals surface area contributed by atoms with Crippen LogP contribution in [0.15, 0.2) is 24.3 Å². The standard InChI is InChI=1S/C15H24N2O4S/c1-16(10-13-4-6-14(21-2)7-5-13)11-15(18)8-9-17(12-15)22(3,19)20/h4-7,18H,8-12H2,1-3H3. The molecule has 1 aromatic rings. The van der Waals surface area contributed by atoms with Gasteiger partial charge >= 0.3 is 0 Å². The fraction of sp³-hybridized carbons (Fsp3) is 0.600. The molecular weight excluding hydrogens is 304 g/mol. The molecule has 0 amide bonds. The second-order valence-electron chi connectivity index (χ2n) is 6.09. The molecule has 0 saturated carbocycles. The van der Waals surface area contributed by atoms with Gasteiger partial charge in [0.05, 0.1) is 19.0 Å². The molecule has 1 unspecified atom stereocenters. The first kappa shape index (κ1) is 17.2. The van der Waals surface area contributed by atoms with Crippen LogP contribution in [-0.2, 0) is 16.6 Å². The maximum atomic E-state index is 11.5. The minimum Gasteiger partial charge on any atom is -0.497 e. The van der Waals surface area contributed by atoms with E-state index >= 15 is 0 Å². The van der Waals surface area contributed by atoms with Crippen LogP contribution in [0.2, 0.25) is 0 Å². The van der Waals surface area contributed by atoms with E-state index < -0.39 is 15.6 Å². The average Bonchev–Trinajstić information content (AvgIpc) is 2.81. The van der Waals surface area contributed by atoms with Crippen LogP contribution in [-0.4, -0.2) is 68.4 Å². The number of benzene rings is 1. The van der Waals surface area contributed by atoms with E-state index in [1.54, 1.807) is 7.11 Å². The summed E-state index contributed by atoms with van der Waals surface area (Å²) < 4.78 is 29.6. The van der Waals surface area contributed by atoms with Gasteiger partial charge in [-0.1, -0.05) is 12.1 Å². The van der Waals surface area contributed by atoms with Crippen molar-refractivity contribution in [3.05, 3.63) is 29.8 Å². The summed E-state index contributed by atoms with van der Waals surface area (Å²) in [6.45, 7) is 1.67. The lowest BCUT2D eigenvalue weighted by Gasteiger charge is -2.28. The van der Waals surface area contributed by atoms with Gasteiger partial charge in [-0.2, -0.15) is 4.31 Å². The predicted octanol–water partition coefficient (Wildman–Crippen LogP) is 0.523. The van der Waals surface area contributed by atoms with Gasteiger partial charge in [-0.15, -0.1) is 0 Å². The lowest BCUT2D eigenvalue weighted by Crippen LogP contribution is -2.44. The smallest absolute Gasteiger partial charge is 0.211 e. The average molecular weight is 328 g/mol. The van der Waals surface area contributed by atoms with Crippen molar-refractivity contribution in [1.82, 2.24) is 9.21 Å². The molecule has 7 heteroatoms. The number of rotatable bonds is 6. The second-order valence-corrected chi connectivity index (χ2v) is 8.07. The molecular formula is C15H24N2O4S. The Morgan fingerprint density at radius 3 is 2.50 bits per heavy atom. The van der Waals surface area contributed by atoms with Crippen molar-refractivity contribution in [3.63, 3.8) is 0 Å². The Hall–Kier alpha value is -1.15. The molecule has 1 heterocycles. The third-order valence-electron chi connectivity index (χ3n) is 3.94. The molecule has 0 radical (unpaired) electrons. The van der Waals surface area contributed by atoms with Crippen molar-refractivity contribution in [2.75, 3.05) is 40.0 Å². The number of hydrogen-bond donors (Lipinski definition) is 1. The van der Waals surface area contributed by atoms with Crippen LogP contribution in [0, 0.1) is 0 Å². The normalized spacial score (nSPS) is 23.1. The van der Waals surface area contributed by atoms with Gasteiger partial charge < -0.3 is 9.84 Å². The van der Waals surface area contributed by atoms with E-state index in [4.69, 9.17) is 4.74 Å². The molecule has 1 saturated heterocycles. The zero-order valence-corrected chi connectivity index (χ0v) is 14.1. The Kier molecular flexibility index (Phi) is 5.11. The van der Waals surface area contributed by atoms with Gasteiger partial charge in [0.2, 0.25) is 10.0 Å². The number of nitrogens with zero attached hydrogens (tertiary/aromatic N) is 2. The van der Waals surface area contributed by atoms with E-state index in [1.807, 2.05) is 36.2 Å². The third kappa shape index (κ3) is 4.42. The van der Waals surface area contributed by atoms with E-state index in [9.17, 15) is 13.5 Å². The molecule has 0 spiro atoms. The van der Waals surface area contributed by atoms with Crippen LogP contribution < -0.4 is 4.74 Å². The molecule has 1 aliphatic rings. The van der Waals surface area contributed by atoms with Crippen molar-refractivity contribution >= 4 is 10.0 Å². The van der Waals surface area contributed by atoms with Gasteiger partial charge in [-0.05, 0) is 31.2 Å². The zero-order valence-electron chi connectivity index (χ0n) is 13.3. The highest BCUT2D eigenvalue weighted by Crippen LogP contribution is 2.24. The topological polar surface area (TPSA) is 70.1 Å². The fourth-order valence-electron chi connectivity index (χ4n) is 2.83. The van der Waals surface area contributed by atoms with E-state index in [2.05, 4.69) is 0 Å². The maximum absolute atomic E-state index is 11.5. The summed E-state index contributed by atoms with van der Waals surface area (Å²) in [5.74, 6) is 0.810. The van der Waals surface area contributed by atoms with Crippen LogP contribution in [0.25, 0.3) is 0 Å². The van der Waals surface area contributed by atoms with Gasteiger partial charge in [0.1, 0.15) is 5.75 Å². The monoisotopic (exact) mass is 328 g/mol. The quantitative estimate of drug-likeness (QED) is 0.825. The molecule has 1 fully saturated rings. The first-order valence-corrected chi connectivity index (χ1v) is 9.06.